The lowest BCUT2D eigenvalue weighted by Gasteiger charge is -2.18. The van der Waals surface area contributed by atoms with Crippen LogP contribution in [0.5, 0.6) is 0 Å². The lowest BCUT2D eigenvalue weighted by Crippen LogP contribution is -2.33. The second kappa shape index (κ2) is 8.02. The highest BCUT2D eigenvalue weighted by Gasteiger charge is 2.00. The van der Waals surface area contributed by atoms with E-state index in [-0.39, 0.29) is 0 Å². The highest BCUT2D eigenvalue weighted by Crippen LogP contribution is 1.93. The Morgan fingerprint density at radius 2 is 1.73 bits per heavy atom. The summed E-state index contributed by atoms with van der Waals surface area (Å²) in [6.45, 7) is 9.69. The van der Waals surface area contributed by atoms with Crippen LogP contribution in [0.3, 0.4) is 0 Å². The summed E-state index contributed by atoms with van der Waals surface area (Å²) in [6, 6.07) is 0. The predicted octanol–water partition coefficient (Wildman–Crippen LogP) is 2.04. The summed E-state index contributed by atoms with van der Waals surface area (Å²) in [5, 5.41) is 2.20. The molecule has 0 aromatic carbocycles. The minimum absolute atomic E-state index is 0.920. The van der Waals surface area contributed by atoms with E-state index < -0.39 is 0 Å². The van der Waals surface area contributed by atoms with Gasteiger partial charge in [0.2, 0.25) is 0 Å². The lowest BCUT2D eigenvalue weighted by atomic mass is 10.3. The maximum absolute atomic E-state index is 4.38. The zero-order valence-electron chi connectivity index (χ0n) is 8.14. The minimum atomic E-state index is 0.920. The number of hydrogen-bond donors (Lipinski definition) is 0. The topological polar surface area (TPSA) is 17.3 Å². The van der Waals surface area contributed by atoms with Crippen molar-refractivity contribution in [2.45, 2.75) is 40.0 Å². The first-order chi connectivity index (χ1) is 5.35. The van der Waals surface area contributed by atoms with Crippen LogP contribution in [0.25, 0.3) is 0 Å². The Balaban J connectivity index is 3.34. The summed E-state index contributed by atoms with van der Waals surface area (Å²) in [7, 11) is 0. The molecule has 0 aliphatic rings. The van der Waals surface area contributed by atoms with E-state index in [9.17, 15) is 0 Å². The van der Waals surface area contributed by atoms with Crippen molar-refractivity contribution in [2.24, 2.45) is 0 Å². The van der Waals surface area contributed by atoms with E-state index >= 15 is 0 Å². The molecular weight excluding hydrogens is 136 g/mol. The molecule has 0 heterocycles. The summed E-state index contributed by atoms with van der Waals surface area (Å²) in [6.07, 6.45) is 3.73. The SMILES string of the molecule is CCCCN(CCC)[N]CC. The molecule has 0 fully saturated rings. The van der Waals surface area contributed by atoms with Crippen molar-refractivity contribution in [3.63, 3.8) is 0 Å². The van der Waals surface area contributed by atoms with Gasteiger partial charge in [-0.25, -0.2) is 5.01 Å². The number of unbranched alkanes of at least 4 members (excludes halogenated alkanes) is 1. The third-order valence-corrected chi connectivity index (χ3v) is 1.59. The van der Waals surface area contributed by atoms with Gasteiger partial charge in [0, 0.05) is 19.6 Å². The molecule has 0 aliphatic carbocycles. The highest BCUT2D eigenvalue weighted by molar-refractivity contribution is 4.49. The second-order valence-electron chi connectivity index (χ2n) is 2.76. The van der Waals surface area contributed by atoms with Gasteiger partial charge in [0.15, 0.2) is 0 Å². The van der Waals surface area contributed by atoms with Crippen LogP contribution < -0.4 is 5.43 Å². The van der Waals surface area contributed by atoms with E-state index in [0.717, 1.165) is 19.6 Å². The Kier molecular flexibility index (Phi) is 7.96. The number of hydrogen-bond acceptors (Lipinski definition) is 1. The molecule has 2 heteroatoms. The van der Waals surface area contributed by atoms with Gasteiger partial charge in [-0.15, -0.1) is 0 Å². The van der Waals surface area contributed by atoms with Gasteiger partial charge >= 0.3 is 0 Å². The Hall–Kier alpha value is -0.0800. The van der Waals surface area contributed by atoms with Crippen molar-refractivity contribution in [3.05, 3.63) is 0 Å². The average Bonchev–Trinajstić information content (AvgIpc) is 2.01. The molecule has 0 unspecified atom stereocenters. The van der Waals surface area contributed by atoms with Gasteiger partial charge in [-0.3, -0.25) is 0 Å². The van der Waals surface area contributed by atoms with Crippen LogP contribution >= 0.6 is 0 Å². The number of nitrogens with zero attached hydrogens (tertiary/aromatic N) is 2. The summed E-state index contributed by atoms with van der Waals surface area (Å²) < 4.78 is 0. The van der Waals surface area contributed by atoms with Crippen LogP contribution in [0.2, 0.25) is 0 Å². The molecule has 0 aliphatic heterocycles. The van der Waals surface area contributed by atoms with Crippen LogP contribution in [-0.2, 0) is 0 Å². The summed E-state index contributed by atoms with van der Waals surface area (Å²) in [5.74, 6) is 0. The van der Waals surface area contributed by atoms with Gasteiger partial charge in [-0.05, 0) is 19.8 Å². The van der Waals surface area contributed by atoms with Gasteiger partial charge in [0.05, 0.1) is 0 Å². The third-order valence-electron chi connectivity index (χ3n) is 1.59. The zero-order valence-corrected chi connectivity index (χ0v) is 8.14. The van der Waals surface area contributed by atoms with Gasteiger partial charge in [-0.1, -0.05) is 20.3 Å². The minimum Gasteiger partial charge on any atom is -0.227 e. The molecule has 0 saturated heterocycles. The molecule has 0 spiro atoms. The molecule has 0 saturated carbocycles. The Morgan fingerprint density at radius 1 is 1.00 bits per heavy atom. The van der Waals surface area contributed by atoms with Gasteiger partial charge in [0.1, 0.15) is 0 Å². The van der Waals surface area contributed by atoms with Crippen molar-refractivity contribution < 1.29 is 0 Å². The second-order valence-corrected chi connectivity index (χ2v) is 2.76. The van der Waals surface area contributed by atoms with E-state index in [1.165, 1.54) is 19.3 Å². The van der Waals surface area contributed by atoms with Crippen molar-refractivity contribution in [1.82, 2.24) is 10.4 Å². The standard InChI is InChI=1S/C9H21N2/c1-4-7-9-11(8-5-2)10-6-3/h4-9H2,1-3H3. The van der Waals surface area contributed by atoms with Crippen LogP contribution in [0.4, 0.5) is 0 Å². The largest absolute Gasteiger partial charge is 0.227 e. The molecule has 0 amide bonds. The zero-order chi connectivity index (χ0) is 8.53. The smallest absolute Gasteiger partial charge is 0.0278 e. The van der Waals surface area contributed by atoms with Crippen molar-refractivity contribution >= 4 is 0 Å². The highest BCUT2D eigenvalue weighted by atomic mass is 15.5. The maximum Gasteiger partial charge on any atom is 0.0278 e. The molecule has 0 bridgehead atoms. The van der Waals surface area contributed by atoms with E-state index in [1.807, 2.05) is 0 Å². The number of rotatable bonds is 7. The molecule has 0 atom stereocenters. The maximum atomic E-state index is 4.38. The van der Waals surface area contributed by atoms with Gasteiger partial charge < -0.3 is 0 Å². The van der Waals surface area contributed by atoms with Crippen LogP contribution in [0.1, 0.15) is 40.0 Å². The Bertz CT molecular complexity index is 68.0. The molecule has 2 nitrogen and oxygen atoms in total. The third kappa shape index (κ3) is 6.32. The monoisotopic (exact) mass is 157 g/mol. The van der Waals surface area contributed by atoms with Crippen molar-refractivity contribution in [3.8, 4) is 0 Å². The fourth-order valence-electron chi connectivity index (χ4n) is 1.05. The Labute approximate surface area is 70.9 Å². The van der Waals surface area contributed by atoms with E-state index in [1.54, 1.807) is 0 Å². The van der Waals surface area contributed by atoms with Crippen LogP contribution in [0.15, 0.2) is 0 Å². The van der Waals surface area contributed by atoms with Crippen molar-refractivity contribution in [2.75, 3.05) is 19.6 Å². The molecule has 11 heavy (non-hydrogen) atoms. The molecular formula is C9H21N2. The van der Waals surface area contributed by atoms with Crippen LogP contribution in [-0.4, -0.2) is 24.6 Å². The normalized spacial score (nSPS) is 10.9. The summed E-state index contributed by atoms with van der Waals surface area (Å²) in [5.41, 5.74) is 4.38. The summed E-state index contributed by atoms with van der Waals surface area (Å²) in [4.78, 5) is 0. The average molecular weight is 157 g/mol. The summed E-state index contributed by atoms with van der Waals surface area (Å²) >= 11 is 0. The first kappa shape index (κ1) is 10.9. The van der Waals surface area contributed by atoms with E-state index in [4.69, 9.17) is 0 Å². The van der Waals surface area contributed by atoms with Crippen LogP contribution in [0, 0.1) is 0 Å². The quantitative estimate of drug-likeness (QED) is 0.517. The molecule has 0 aromatic rings. The van der Waals surface area contributed by atoms with E-state index in [0.29, 0.717) is 0 Å². The van der Waals surface area contributed by atoms with Gasteiger partial charge in [-0.2, -0.15) is 5.43 Å². The first-order valence-electron chi connectivity index (χ1n) is 4.77. The predicted molar refractivity (Wildman–Crippen MR) is 49.4 cm³/mol. The first-order valence-corrected chi connectivity index (χ1v) is 4.77. The molecule has 0 N–H and O–H groups in total. The Morgan fingerprint density at radius 3 is 2.18 bits per heavy atom. The molecule has 0 rings (SSSR count). The molecule has 0 aromatic heterocycles. The van der Waals surface area contributed by atoms with Gasteiger partial charge in [0.25, 0.3) is 0 Å². The molecule has 1 radical (unpaired) electrons. The fourth-order valence-corrected chi connectivity index (χ4v) is 1.05. The fraction of sp³-hybridized carbons (Fsp3) is 1.00. The lowest BCUT2D eigenvalue weighted by molar-refractivity contribution is 0.182. The van der Waals surface area contributed by atoms with Crippen molar-refractivity contribution in [1.29, 1.82) is 0 Å². The molecule has 67 valence electrons. The van der Waals surface area contributed by atoms with E-state index in [2.05, 4.69) is 31.2 Å².